The molecule has 0 aliphatic rings. The van der Waals surface area contributed by atoms with Crippen LogP contribution < -0.4 is 0 Å². The Balaban J connectivity index is 0. The third kappa shape index (κ3) is 12.6. The molecule has 0 saturated heterocycles. The number of unbranched alkanes of at least 4 members (excludes halogenated alkanes) is 1. The van der Waals surface area contributed by atoms with Crippen molar-refractivity contribution in [2.75, 3.05) is 6.61 Å². The molecule has 0 saturated carbocycles. The Kier molecular flexibility index (Phi) is 13.1. The van der Waals surface area contributed by atoms with E-state index < -0.39 is 5.97 Å². The first-order valence-electron chi connectivity index (χ1n) is 4.04. The second kappa shape index (κ2) is 10.7. The number of esters is 1. The molecule has 4 nitrogen and oxygen atoms in total. The number of aliphatic carboxylic acids is 1. The van der Waals surface area contributed by atoms with E-state index in [0.717, 1.165) is 0 Å². The minimum absolute atomic E-state index is 0. The van der Waals surface area contributed by atoms with Gasteiger partial charge in [0.25, 0.3) is 0 Å². The van der Waals surface area contributed by atoms with E-state index in [1.165, 1.54) is 0 Å². The molecule has 0 atom stereocenters. The molecule has 0 aliphatic heterocycles. The van der Waals surface area contributed by atoms with Gasteiger partial charge in [-0.2, -0.15) is 0 Å². The Morgan fingerprint density at radius 3 is 2.23 bits per heavy atom. The Bertz CT molecular complexity index is 158. The van der Waals surface area contributed by atoms with Crippen LogP contribution in [0.15, 0.2) is 0 Å². The molecule has 0 unspecified atom stereocenters. The van der Waals surface area contributed by atoms with Gasteiger partial charge in [0.1, 0.15) is 0 Å². The predicted octanol–water partition coefficient (Wildman–Crippen LogP) is 0.546. The zero-order valence-electron chi connectivity index (χ0n) is 7.21. The monoisotopic (exact) mass is 214 g/mol. The number of carbonyl (C=O) groups excluding carboxylic acids is 1. The molecule has 13 heavy (non-hydrogen) atoms. The molecule has 0 aliphatic carbocycles. The fourth-order valence-corrected chi connectivity index (χ4v) is 0.779. The molecule has 72 valence electrons. The van der Waals surface area contributed by atoms with Gasteiger partial charge in [-0.25, -0.2) is 0 Å². The summed E-state index contributed by atoms with van der Waals surface area (Å²) in [6.07, 6.45) is 1.57. The summed E-state index contributed by atoms with van der Waals surface area (Å²) in [4.78, 5) is 20.8. The molecule has 0 rings (SSSR count). The Morgan fingerprint density at radius 1 is 1.23 bits per heavy atom. The van der Waals surface area contributed by atoms with Crippen molar-refractivity contribution in [2.24, 2.45) is 0 Å². The van der Waals surface area contributed by atoms with Crippen molar-refractivity contribution >= 4 is 63.3 Å². The summed E-state index contributed by atoms with van der Waals surface area (Å²) >= 11 is 0. The summed E-state index contributed by atoms with van der Waals surface area (Å²) in [5.74, 6) is -1.07. The van der Waals surface area contributed by atoms with Gasteiger partial charge in [-0.15, -0.1) is 0 Å². The van der Waals surface area contributed by atoms with Gasteiger partial charge in [-0.1, -0.05) is 0 Å². The molecular weight excluding hydrogens is 199 g/mol. The minimum atomic E-state index is -0.821. The first-order valence-corrected chi connectivity index (χ1v) is 4.04. The molecule has 0 radical (unpaired) electrons. The standard InChI is InChI=1S/C8H14O4.K.H/c1-2-12-8(11)6-4-3-5-7(9)10;;/h2-6H2,1H3,(H,9,10);;. The molecule has 1 N–H and O–H groups in total. The average Bonchev–Trinajstić information content (AvgIpc) is 1.98. The predicted molar refractivity (Wildman–Crippen MR) is 49.9 cm³/mol. The summed E-state index contributed by atoms with van der Waals surface area (Å²) in [5, 5.41) is 8.27. The van der Waals surface area contributed by atoms with Crippen molar-refractivity contribution in [1.82, 2.24) is 0 Å². The number of carbonyl (C=O) groups is 2. The first-order chi connectivity index (χ1) is 5.66. The number of hydrogen-bond donors (Lipinski definition) is 1. The molecule has 0 aromatic heterocycles. The molecule has 0 aromatic rings. The summed E-state index contributed by atoms with van der Waals surface area (Å²) < 4.78 is 4.66. The van der Waals surface area contributed by atoms with E-state index in [1.807, 2.05) is 0 Å². The number of rotatable bonds is 6. The van der Waals surface area contributed by atoms with Crippen molar-refractivity contribution < 1.29 is 19.4 Å². The molecule has 0 aromatic carbocycles. The van der Waals surface area contributed by atoms with E-state index in [1.54, 1.807) is 6.92 Å². The van der Waals surface area contributed by atoms with Crippen LogP contribution in [0.3, 0.4) is 0 Å². The van der Waals surface area contributed by atoms with Crippen LogP contribution in [0, 0.1) is 0 Å². The fourth-order valence-electron chi connectivity index (χ4n) is 0.779. The van der Waals surface area contributed by atoms with E-state index in [-0.39, 0.29) is 63.8 Å². The number of hydrogen-bond acceptors (Lipinski definition) is 3. The third-order valence-electron chi connectivity index (χ3n) is 1.33. The van der Waals surface area contributed by atoms with Gasteiger partial charge >= 0.3 is 63.3 Å². The Labute approximate surface area is 120 Å². The number of ether oxygens (including phenoxy) is 1. The first kappa shape index (κ1) is 16.0. The van der Waals surface area contributed by atoms with Gasteiger partial charge in [0.05, 0.1) is 6.61 Å². The zero-order valence-corrected chi connectivity index (χ0v) is 7.21. The van der Waals surface area contributed by atoms with Crippen LogP contribution in [-0.2, 0) is 14.3 Å². The zero-order chi connectivity index (χ0) is 9.40. The molecule has 0 amide bonds. The van der Waals surface area contributed by atoms with Crippen LogP contribution in [-0.4, -0.2) is 75.0 Å². The van der Waals surface area contributed by atoms with E-state index >= 15 is 0 Å². The maximum atomic E-state index is 10.7. The number of carboxylic acids is 1. The van der Waals surface area contributed by atoms with Gasteiger partial charge in [-0.3, -0.25) is 9.59 Å². The molecule has 5 heteroatoms. The second-order valence-electron chi connectivity index (χ2n) is 2.41. The van der Waals surface area contributed by atoms with Crippen LogP contribution in [0.4, 0.5) is 0 Å². The van der Waals surface area contributed by atoms with Gasteiger partial charge in [-0.05, 0) is 19.8 Å². The molecule has 0 fully saturated rings. The fraction of sp³-hybridized carbons (Fsp3) is 0.750. The summed E-state index contributed by atoms with van der Waals surface area (Å²) in [7, 11) is 0. The van der Waals surface area contributed by atoms with Gasteiger partial charge < -0.3 is 9.84 Å². The van der Waals surface area contributed by atoms with Gasteiger partial charge in [0.2, 0.25) is 0 Å². The summed E-state index contributed by atoms with van der Waals surface area (Å²) in [5.41, 5.74) is 0. The van der Waals surface area contributed by atoms with Crippen molar-refractivity contribution in [1.29, 1.82) is 0 Å². The van der Waals surface area contributed by atoms with Gasteiger partial charge in [0, 0.05) is 12.8 Å². The van der Waals surface area contributed by atoms with Crippen LogP contribution in [0.25, 0.3) is 0 Å². The molecule has 0 bridgehead atoms. The molecule has 0 spiro atoms. The van der Waals surface area contributed by atoms with E-state index in [0.29, 0.717) is 25.9 Å². The quantitative estimate of drug-likeness (QED) is 0.398. The summed E-state index contributed by atoms with van der Waals surface area (Å²) in [6.45, 7) is 2.13. The summed E-state index contributed by atoms with van der Waals surface area (Å²) in [6, 6.07) is 0. The molecular formula is C8H15KO4. The molecule has 0 heterocycles. The SMILES string of the molecule is CCOC(=O)CCCCC(=O)O.[KH]. The Hall–Kier alpha value is 0.576. The van der Waals surface area contributed by atoms with Crippen molar-refractivity contribution in [2.45, 2.75) is 32.6 Å². The van der Waals surface area contributed by atoms with E-state index in [9.17, 15) is 9.59 Å². The van der Waals surface area contributed by atoms with E-state index in [4.69, 9.17) is 5.11 Å². The topological polar surface area (TPSA) is 63.6 Å². The van der Waals surface area contributed by atoms with Crippen LogP contribution >= 0.6 is 0 Å². The van der Waals surface area contributed by atoms with E-state index in [2.05, 4.69) is 4.74 Å². The average molecular weight is 214 g/mol. The number of carboxylic acid groups (broad SMARTS) is 1. The van der Waals surface area contributed by atoms with Crippen LogP contribution in [0.1, 0.15) is 32.6 Å². The van der Waals surface area contributed by atoms with Crippen LogP contribution in [0.2, 0.25) is 0 Å². The Morgan fingerprint density at radius 2 is 1.77 bits per heavy atom. The maximum absolute atomic E-state index is 10.7. The third-order valence-corrected chi connectivity index (χ3v) is 1.33. The van der Waals surface area contributed by atoms with Crippen molar-refractivity contribution in [3.63, 3.8) is 0 Å². The van der Waals surface area contributed by atoms with Crippen LogP contribution in [0.5, 0.6) is 0 Å². The van der Waals surface area contributed by atoms with Crippen molar-refractivity contribution in [3.8, 4) is 0 Å². The second-order valence-corrected chi connectivity index (χ2v) is 2.41. The van der Waals surface area contributed by atoms with Crippen molar-refractivity contribution in [3.05, 3.63) is 0 Å². The van der Waals surface area contributed by atoms with Gasteiger partial charge in [0.15, 0.2) is 0 Å². The normalized spacial score (nSPS) is 8.69.